The standard InChI is InChI=1S/C11H25NO3.2C7H16N4O.C7H16N2O.C7H17NO2.C7H17N.C7H12O.C6H14N4.C6H14N2O2.C4H8.C3H9N/c1-2-3-6-13-8-10-15-11-9-14-7-4-5-12;2*1-5(12)6(8)3-2-4-11-7(9)10;1-6(10)7(9)4-2-3-5-8;1-2-4-9-6-7-10-5-3-8;1-2-3-4-5-6-7-8;1-4-5-7(8)6(2)3;7-5(8)3-1-2-4-6(9)10;7-4-2-1-3-5(8)6(9)10;1-3-4-2;1-2-3-4/h2-12H2,1H3;2*6H,2-4,8H2,1H3,(H4,9,10,11);7H,2-5,8-9H2,1H3;2-8H2,1H3;2-8H2,1H3;2,4-5H2,1,3H3;1-4H2,(H3,7,8)(H3,9,10);5H,1-4,7-8H2,(H,9,10);3H,1,4H2,2H3;2-4H2,1H3/t;2*6-;7-;;;;;5-;;/m.101....0../s1. The molecule has 0 aliphatic heterocycles. The lowest BCUT2D eigenvalue weighted by atomic mass is 10.1. The minimum atomic E-state index is -0.933. The second-order valence-electron chi connectivity index (χ2n) is 23.3. The van der Waals surface area contributed by atoms with E-state index in [-0.39, 0.29) is 64.8 Å². The Morgan fingerprint density at radius 1 is 0.388 bits per heavy atom. The first-order chi connectivity index (χ1) is 48.8. The molecule has 0 aliphatic carbocycles. The third-order valence-electron chi connectivity index (χ3n) is 12.6. The summed E-state index contributed by atoms with van der Waals surface area (Å²) in [5.74, 6) is -0.106. The van der Waals surface area contributed by atoms with Gasteiger partial charge in [0.1, 0.15) is 23.4 Å². The van der Waals surface area contributed by atoms with Crippen molar-refractivity contribution in [2.75, 3.05) is 118 Å². The maximum Gasteiger partial charge on any atom is 0.320 e. The average molecular weight is 1490 g/mol. The van der Waals surface area contributed by atoms with Gasteiger partial charge in [-0.15, -0.1) is 6.58 Å². The van der Waals surface area contributed by atoms with E-state index in [9.17, 15) is 24.0 Å². The molecule has 0 aliphatic rings. The maximum absolute atomic E-state index is 10.7. The number of rotatable bonds is 54. The number of ketones is 4. The first kappa shape index (κ1) is 121. The molecule has 0 saturated heterocycles. The lowest BCUT2D eigenvalue weighted by molar-refractivity contribution is -0.138. The third-order valence-corrected chi connectivity index (χ3v) is 12.6. The van der Waals surface area contributed by atoms with Crippen LogP contribution in [0.4, 0.5) is 0 Å². The molecule has 4 atom stereocenters. The first-order valence-electron chi connectivity index (χ1n) is 37.2. The van der Waals surface area contributed by atoms with E-state index in [1.165, 1.54) is 59.3 Å². The molecule has 0 rings (SSSR count). The largest absolute Gasteiger partial charge is 0.480 e. The number of amidine groups is 2. The van der Waals surface area contributed by atoms with Crippen LogP contribution < -0.4 is 91.7 Å². The van der Waals surface area contributed by atoms with E-state index >= 15 is 0 Å². The van der Waals surface area contributed by atoms with Gasteiger partial charge >= 0.3 is 5.97 Å². The molecule has 0 unspecified atom stereocenters. The highest BCUT2D eigenvalue weighted by molar-refractivity contribution is 5.94. The van der Waals surface area contributed by atoms with Gasteiger partial charge in [-0.25, -0.2) is 0 Å². The number of guanidine groups is 2. The summed E-state index contributed by atoms with van der Waals surface area (Å²) in [7, 11) is 0. The number of ether oxygens (including phenoxy) is 5. The zero-order valence-corrected chi connectivity index (χ0v) is 66.8. The quantitative estimate of drug-likeness (QED) is 0.0122. The Bertz CT molecular complexity index is 1760. The monoisotopic (exact) mass is 1490 g/mol. The second-order valence-corrected chi connectivity index (χ2v) is 23.3. The minimum absolute atomic E-state index is 0.000278. The number of aliphatic carboxylic acids is 1. The van der Waals surface area contributed by atoms with E-state index in [1.54, 1.807) is 6.92 Å². The highest BCUT2D eigenvalue weighted by atomic mass is 16.5. The number of carbonyl (C=O) groups is 5. The molecule has 103 heavy (non-hydrogen) atoms. The number of carboxylic acid groups (broad SMARTS) is 1. The molecule has 0 aromatic rings. The SMILES string of the molecule is C=C(C)C(=O)CCC.C=CCC.CC(=O)[C@@H](N)CCCN=C(N)N.CC(=O)[C@H](N)CCCCN.CC(=O)[C@H](N)CCCN=C(N)N.CCCCCCCN.CCCCOCCOCCOCCCN.CCCN.CCCOCCOCCN.N=C(N)CCCCC(=N)N.NCCCC[C@H](N)C(=O)O. The smallest absolute Gasteiger partial charge is 0.320 e. The van der Waals surface area contributed by atoms with E-state index in [2.05, 4.69) is 57.8 Å². The van der Waals surface area contributed by atoms with Crippen LogP contribution >= 0.6 is 0 Å². The van der Waals surface area contributed by atoms with Gasteiger partial charge in [0.25, 0.3) is 0 Å². The van der Waals surface area contributed by atoms with Gasteiger partial charge in [-0.05, 0) is 175 Å². The van der Waals surface area contributed by atoms with Crippen LogP contribution in [0.1, 0.15) is 243 Å². The number of nitrogens with two attached hydrogens (primary N) is 16. The molecule has 31 heteroatoms. The number of hydrogen-bond acceptors (Lipinski definition) is 24. The normalized spacial score (nSPS) is 10.8. The predicted octanol–water partition coefficient (Wildman–Crippen LogP) is 5.25. The van der Waals surface area contributed by atoms with Gasteiger partial charge in [0.05, 0.1) is 76.0 Å². The number of Topliss-reactive ketones (excluding diaryl/α,β-unsaturated/α-hetero) is 4. The third kappa shape index (κ3) is 155. The summed E-state index contributed by atoms with van der Waals surface area (Å²) < 4.78 is 26.2. The van der Waals surface area contributed by atoms with Crippen LogP contribution in [-0.4, -0.2) is 200 Å². The molecule has 0 fully saturated rings. The van der Waals surface area contributed by atoms with Crippen LogP contribution in [0.3, 0.4) is 0 Å². The van der Waals surface area contributed by atoms with E-state index in [1.807, 2.05) is 13.0 Å². The minimum Gasteiger partial charge on any atom is -0.480 e. The molecule has 0 amide bonds. The predicted molar refractivity (Wildman–Crippen MR) is 434 cm³/mol. The van der Waals surface area contributed by atoms with Gasteiger partial charge in [-0.2, -0.15) is 0 Å². The van der Waals surface area contributed by atoms with Crippen molar-refractivity contribution < 1.29 is 52.8 Å². The Hall–Kier alpha value is -5.49. The van der Waals surface area contributed by atoms with Crippen LogP contribution in [-0.2, 0) is 47.7 Å². The number of carbonyl (C=O) groups excluding carboxylic acids is 4. The lowest BCUT2D eigenvalue weighted by Gasteiger charge is -2.06. The molecule has 35 N–H and O–H groups in total. The van der Waals surface area contributed by atoms with Gasteiger partial charge in [0.2, 0.25) is 0 Å². The zero-order chi connectivity index (χ0) is 81.6. The molecule has 618 valence electrons. The number of nitrogens with zero attached hydrogens (tertiary/aromatic N) is 2. The molecule has 0 radical (unpaired) electrons. The van der Waals surface area contributed by atoms with E-state index in [0.717, 1.165) is 129 Å². The van der Waals surface area contributed by atoms with Crippen LogP contribution in [0.5, 0.6) is 0 Å². The lowest BCUT2D eigenvalue weighted by Crippen LogP contribution is -2.29. The molecule has 0 aromatic heterocycles. The summed E-state index contributed by atoms with van der Waals surface area (Å²) in [6.07, 6.45) is 27.0. The van der Waals surface area contributed by atoms with E-state index < -0.39 is 12.0 Å². The Morgan fingerprint density at radius 2 is 0.709 bits per heavy atom. The number of hydrogen-bond donors (Lipinski definition) is 19. The van der Waals surface area contributed by atoms with Crippen LogP contribution in [0, 0.1) is 10.8 Å². The van der Waals surface area contributed by atoms with Gasteiger partial charge in [0, 0.05) is 58.7 Å². The first-order valence-corrected chi connectivity index (χ1v) is 37.2. The van der Waals surface area contributed by atoms with Crippen molar-refractivity contribution in [2.24, 2.45) is 102 Å². The molecule has 0 spiro atoms. The topological polar surface area (TPSA) is 640 Å². The fourth-order valence-electron chi connectivity index (χ4n) is 6.13. The molecule has 0 aromatic carbocycles. The van der Waals surface area contributed by atoms with Crippen molar-refractivity contribution in [1.82, 2.24) is 0 Å². The van der Waals surface area contributed by atoms with Crippen LogP contribution in [0.25, 0.3) is 0 Å². The Balaban J connectivity index is -0.000000102. The Kier molecular flexibility index (Phi) is 129. The summed E-state index contributed by atoms with van der Waals surface area (Å²) in [4.78, 5) is 60.2. The highest BCUT2D eigenvalue weighted by Crippen LogP contribution is 2.02. The van der Waals surface area contributed by atoms with Crippen molar-refractivity contribution in [1.29, 1.82) is 10.8 Å². The number of carboxylic acids is 1. The number of aliphatic imine (C=N–C) groups is 2. The molecule has 0 bridgehead atoms. The molecular weight excluding hydrogens is 1320 g/mol. The summed E-state index contributed by atoms with van der Waals surface area (Å²) in [6.45, 7) is 38.1. The van der Waals surface area contributed by atoms with Crippen LogP contribution in [0.15, 0.2) is 34.8 Å². The van der Waals surface area contributed by atoms with Crippen molar-refractivity contribution in [3.63, 3.8) is 0 Å². The number of unbranched alkanes of at least 4 members (excludes halogenated alkanes) is 8. The summed E-state index contributed by atoms with van der Waals surface area (Å²) >= 11 is 0. The van der Waals surface area contributed by atoms with Gasteiger partial charge in [-0.3, -0.25) is 44.8 Å². The fourth-order valence-corrected chi connectivity index (χ4v) is 6.13. The van der Waals surface area contributed by atoms with Crippen molar-refractivity contribution in [3.05, 3.63) is 24.8 Å². The molecule has 0 heterocycles. The Morgan fingerprint density at radius 3 is 0.981 bits per heavy atom. The fraction of sp³-hybridized carbons (Fsp3) is 0.819. The van der Waals surface area contributed by atoms with Crippen molar-refractivity contribution in [2.45, 2.75) is 267 Å². The summed E-state index contributed by atoms with van der Waals surface area (Å²) in [6, 6.07) is -1.74. The number of nitrogens with one attached hydrogen (secondary N) is 2. The second kappa shape index (κ2) is 110. The number of allylic oxidation sites excluding steroid dienone is 2. The average Bonchev–Trinajstić information content (AvgIpc) is 1.98. The van der Waals surface area contributed by atoms with Crippen molar-refractivity contribution in [3.8, 4) is 0 Å². The van der Waals surface area contributed by atoms with Crippen LogP contribution in [0.2, 0.25) is 0 Å². The Labute approximate surface area is 625 Å². The summed E-state index contributed by atoms with van der Waals surface area (Å²) in [5.41, 5.74) is 84.2. The van der Waals surface area contributed by atoms with E-state index in [4.69, 9.17) is 131 Å². The van der Waals surface area contributed by atoms with Crippen molar-refractivity contribution >= 4 is 52.7 Å². The van der Waals surface area contributed by atoms with Gasteiger partial charge in [0.15, 0.2) is 17.7 Å². The molecule has 0 saturated carbocycles. The zero-order valence-electron chi connectivity index (χ0n) is 66.8. The van der Waals surface area contributed by atoms with E-state index in [0.29, 0.717) is 130 Å². The molecular formula is C72H164N20O11. The molecule has 31 nitrogen and oxygen atoms in total. The summed E-state index contributed by atoms with van der Waals surface area (Å²) in [5, 5.41) is 22.1. The van der Waals surface area contributed by atoms with Gasteiger partial charge in [-0.1, -0.05) is 99.1 Å². The highest BCUT2D eigenvalue weighted by Gasteiger charge is 2.10. The van der Waals surface area contributed by atoms with Gasteiger partial charge < -0.3 is 121 Å². The maximum atomic E-state index is 10.7.